The number of hydrogen-bond acceptors (Lipinski definition) is 4. The first-order chi connectivity index (χ1) is 13.8. The van der Waals surface area contributed by atoms with Gasteiger partial charge in [-0.15, -0.1) is 0 Å². The van der Waals surface area contributed by atoms with Crippen LogP contribution in [0.5, 0.6) is 0 Å². The van der Waals surface area contributed by atoms with Crippen molar-refractivity contribution in [1.82, 2.24) is 0 Å². The van der Waals surface area contributed by atoms with Gasteiger partial charge in [-0.25, -0.2) is 0 Å². The number of allylic oxidation sites excluding steroid dienone is 1. The summed E-state index contributed by atoms with van der Waals surface area (Å²) in [6.45, 7) is 8.32. The molecule has 0 aromatic rings. The summed E-state index contributed by atoms with van der Waals surface area (Å²) >= 11 is 0. The van der Waals surface area contributed by atoms with Crippen LogP contribution in [-0.2, 0) is 18.9 Å². The Morgan fingerprint density at radius 1 is 0.536 bits per heavy atom. The number of ether oxygens (including phenoxy) is 4. The molecule has 28 heavy (non-hydrogen) atoms. The van der Waals surface area contributed by atoms with E-state index in [9.17, 15) is 0 Å². The third-order valence-corrected chi connectivity index (χ3v) is 4.80. The molecule has 4 heteroatoms. The molecule has 0 aromatic carbocycles. The predicted molar refractivity (Wildman–Crippen MR) is 118 cm³/mol. The first-order valence-electron chi connectivity index (χ1n) is 11.9. The lowest BCUT2D eigenvalue weighted by Gasteiger charge is -2.17. The number of hydrogen-bond donors (Lipinski definition) is 0. The van der Waals surface area contributed by atoms with Gasteiger partial charge in [0.05, 0.1) is 13.2 Å². The minimum Gasteiger partial charge on any atom is -0.491 e. The fraction of sp³-hybridized carbons (Fsp3) is 0.917. The molecular formula is C24H48O4. The van der Waals surface area contributed by atoms with Crippen LogP contribution in [-0.4, -0.2) is 27.1 Å². The van der Waals surface area contributed by atoms with E-state index in [0.29, 0.717) is 12.6 Å². The van der Waals surface area contributed by atoms with Gasteiger partial charge in [0.2, 0.25) is 0 Å². The average molecular weight is 401 g/mol. The fourth-order valence-electron chi connectivity index (χ4n) is 3.03. The Bertz CT molecular complexity index is 341. The summed E-state index contributed by atoms with van der Waals surface area (Å²) in [5.74, 6) is 1.42. The van der Waals surface area contributed by atoms with E-state index in [1.165, 1.54) is 70.6 Å². The van der Waals surface area contributed by atoms with Crippen LogP contribution in [0.2, 0.25) is 0 Å². The van der Waals surface area contributed by atoms with E-state index in [4.69, 9.17) is 18.9 Å². The SMILES string of the molecule is CCCCCCCCC(OCCCCCC)=C(OCCCCCC)OCOC. The second-order valence-corrected chi connectivity index (χ2v) is 7.60. The molecule has 0 N–H and O–H groups in total. The zero-order valence-electron chi connectivity index (χ0n) is 19.4. The molecule has 0 saturated heterocycles. The van der Waals surface area contributed by atoms with E-state index >= 15 is 0 Å². The van der Waals surface area contributed by atoms with Crippen LogP contribution in [0.3, 0.4) is 0 Å². The van der Waals surface area contributed by atoms with E-state index in [-0.39, 0.29) is 6.79 Å². The van der Waals surface area contributed by atoms with Crippen LogP contribution in [0.1, 0.15) is 117 Å². The van der Waals surface area contributed by atoms with Gasteiger partial charge in [-0.2, -0.15) is 0 Å². The maximum absolute atomic E-state index is 6.13. The Morgan fingerprint density at radius 3 is 1.61 bits per heavy atom. The summed E-state index contributed by atoms with van der Waals surface area (Å²) in [6.07, 6.45) is 18.0. The van der Waals surface area contributed by atoms with Crippen molar-refractivity contribution in [2.24, 2.45) is 0 Å². The molecule has 0 aliphatic rings. The monoisotopic (exact) mass is 400 g/mol. The summed E-state index contributed by atoms with van der Waals surface area (Å²) in [5, 5.41) is 0. The van der Waals surface area contributed by atoms with Crippen molar-refractivity contribution < 1.29 is 18.9 Å². The largest absolute Gasteiger partial charge is 0.491 e. The fourth-order valence-corrected chi connectivity index (χ4v) is 3.03. The van der Waals surface area contributed by atoms with Gasteiger partial charge >= 0.3 is 5.95 Å². The second kappa shape index (κ2) is 22.4. The highest BCUT2D eigenvalue weighted by atomic mass is 16.7. The summed E-state index contributed by atoms with van der Waals surface area (Å²) in [7, 11) is 1.64. The minimum absolute atomic E-state index is 0.198. The molecule has 0 heterocycles. The smallest absolute Gasteiger partial charge is 0.321 e. The molecule has 0 bridgehead atoms. The second-order valence-electron chi connectivity index (χ2n) is 7.60. The van der Waals surface area contributed by atoms with Gasteiger partial charge in [0.1, 0.15) is 0 Å². The number of unbranched alkanes of at least 4 members (excludes halogenated alkanes) is 11. The van der Waals surface area contributed by atoms with Crippen LogP contribution >= 0.6 is 0 Å². The van der Waals surface area contributed by atoms with Gasteiger partial charge in [0.15, 0.2) is 12.6 Å². The van der Waals surface area contributed by atoms with Crippen molar-refractivity contribution in [2.45, 2.75) is 117 Å². The van der Waals surface area contributed by atoms with Gasteiger partial charge in [0, 0.05) is 13.5 Å². The van der Waals surface area contributed by atoms with E-state index in [2.05, 4.69) is 20.8 Å². The Kier molecular flexibility index (Phi) is 21.7. The van der Waals surface area contributed by atoms with Crippen LogP contribution < -0.4 is 0 Å². The zero-order valence-corrected chi connectivity index (χ0v) is 19.4. The molecular weight excluding hydrogens is 352 g/mol. The van der Waals surface area contributed by atoms with Crippen LogP contribution in [0.25, 0.3) is 0 Å². The zero-order chi connectivity index (χ0) is 20.7. The Hall–Kier alpha value is -0.900. The summed E-state index contributed by atoms with van der Waals surface area (Å²) < 4.78 is 23.0. The highest BCUT2D eigenvalue weighted by Gasteiger charge is 2.13. The van der Waals surface area contributed by atoms with Gasteiger partial charge in [-0.3, -0.25) is 0 Å². The van der Waals surface area contributed by atoms with Crippen molar-refractivity contribution in [2.75, 3.05) is 27.1 Å². The summed E-state index contributed by atoms with van der Waals surface area (Å²) in [4.78, 5) is 0. The van der Waals surface area contributed by atoms with E-state index in [1.807, 2.05) is 0 Å². The Balaban J connectivity index is 4.65. The molecule has 4 nitrogen and oxygen atoms in total. The quantitative estimate of drug-likeness (QED) is 0.106. The lowest BCUT2D eigenvalue weighted by Crippen LogP contribution is -2.09. The van der Waals surface area contributed by atoms with Crippen molar-refractivity contribution in [3.05, 3.63) is 11.7 Å². The molecule has 0 unspecified atom stereocenters. The van der Waals surface area contributed by atoms with Crippen molar-refractivity contribution in [3.63, 3.8) is 0 Å². The van der Waals surface area contributed by atoms with Gasteiger partial charge in [-0.05, 0) is 19.3 Å². The Morgan fingerprint density at radius 2 is 1.04 bits per heavy atom. The summed E-state index contributed by atoms with van der Waals surface area (Å²) in [6, 6.07) is 0. The predicted octanol–water partition coefficient (Wildman–Crippen LogP) is 7.72. The van der Waals surface area contributed by atoms with Gasteiger partial charge < -0.3 is 18.9 Å². The Labute approximate surface area is 175 Å². The summed E-state index contributed by atoms with van der Waals surface area (Å²) in [5.41, 5.74) is 0. The minimum atomic E-state index is 0.198. The van der Waals surface area contributed by atoms with Crippen molar-refractivity contribution in [1.29, 1.82) is 0 Å². The van der Waals surface area contributed by atoms with Gasteiger partial charge in [0.25, 0.3) is 0 Å². The highest BCUT2D eigenvalue weighted by molar-refractivity contribution is 4.95. The molecule has 0 aliphatic carbocycles. The standard InChI is InChI=1S/C24H48O4/c1-5-8-11-14-15-16-19-23(26-20-17-12-9-6-2)24(28-22-25-4)27-21-18-13-10-7-3/h5-22H2,1-4H3. The number of methoxy groups -OCH3 is 1. The van der Waals surface area contributed by atoms with E-state index in [0.717, 1.165) is 38.0 Å². The van der Waals surface area contributed by atoms with Gasteiger partial charge in [-0.1, -0.05) is 91.4 Å². The van der Waals surface area contributed by atoms with Crippen LogP contribution in [0.15, 0.2) is 11.7 Å². The molecule has 0 amide bonds. The average Bonchev–Trinajstić information content (AvgIpc) is 2.71. The third kappa shape index (κ3) is 17.2. The molecule has 0 radical (unpaired) electrons. The topological polar surface area (TPSA) is 36.9 Å². The molecule has 0 saturated carbocycles. The first kappa shape index (κ1) is 27.1. The molecule has 0 atom stereocenters. The van der Waals surface area contributed by atoms with E-state index < -0.39 is 0 Å². The maximum atomic E-state index is 6.13. The molecule has 0 rings (SSSR count). The molecule has 0 spiro atoms. The lowest BCUT2D eigenvalue weighted by atomic mass is 10.1. The van der Waals surface area contributed by atoms with Crippen LogP contribution in [0, 0.1) is 0 Å². The van der Waals surface area contributed by atoms with E-state index in [1.54, 1.807) is 7.11 Å². The molecule has 168 valence electrons. The highest BCUT2D eigenvalue weighted by Crippen LogP contribution is 2.20. The van der Waals surface area contributed by atoms with Crippen molar-refractivity contribution >= 4 is 0 Å². The lowest BCUT2D eigenvalue weighted by molar-refractivity contribution is -0.0692. The number of rotatable bonds is 22. The van der Waals surface area contributed by atoms with Crippen molar-refractivity contribution in [3.8, 4) is 0 Å². The molecule has 0 aliphatic heterocycles. The maximum Gasteiger partial charge on any atom is 0.321 e. The molecule has 0 aromatic heterocycles. The molecule has 0 fully saturated rings. The normalized spacial score (nSPS) is 12.0. The third-order valence-electron chi connectivity index (χ3n) is 4.80. The van der Waals surface area contributed by atoms with Crippen LogP contribution in [0.4, 0.5) is 0 Å². The first-order valence-corrected chi connectivity index (χ1v) is 11.9.